The second-order valence-corrected chi connectivity index (χ2v) is 6.59. The molecule has 0 atom stereocenters. The van der Waals surface area contributed by atoms with E-state index in [0.717, 1.165) is 5.69 Å². The van der Waals surface area contributed by atoms with Crippen LogP contribution in [0.3, 0.4) is 0 Å². The van der Waals surface area contributed by atoms with E-state index in [0.29, 0.717) is 0 Å². The highest BCUT2D eigenvalue weighted by Gasteiger charge is 2.19. The lowest BCUT2D eigenvalue weighted by molar-refractivity contribution is 0.976. The third kappa shape index (κ3) is 2.16. The molecule has 0 aliphatic rings. The van der Waals surface area contributed by atoms with Crippen LogP contribution in [0.2, 0.25) is 0 Å². The highest BCUT2D eigenvalue weighted by molar-refractivity contribution is 6.10. The van der Waals surface area contributed by atoms with E-state index in [9.17, 15) is 0 Å². The quantitative estimate of drug-likeness (QED) is 0.379. The number of benzene rings is 3. The van der Waals surface area contributed by atoms with Crippen molar-refractivity contribution in [2.45, 2.75) is 6.92 Å². The van der Waals surface area contributed by atoms with E-state index in [1.54, 1.807) is 0 Å². The highest BCUT2D eigenvalue weighted by atomic mass is 15.2. The summed E-state index contributed by atoms with van der Waals surface area (Å²) in [6.45, 7) is 2.13. The van der Waals surface area contributed by atoms with Crippen molar-refractivity contribution < 1.29 is 0 Å². The zero-order chi connectivity index (χ0) is 17.5. The molecule has 0 bridgehead atoms. The highest BCUT2D eigenvalue weighted by Crippen LogP contribution is 2.40. The molecule has 26 heavy (non-hydrogen) atoms. The minimum absolute atomic E-state index is 1.14. The van der Waals surface area contributed by atoms with Crippen molar-refractivity contribution in [1.29, 1.82) is 0 Å². The average Bonchev–Trinajstić information content (AvgIpc) is 3.10. The normalized spacial score (nSPS) is 11.3. The lowest BCUT2D eigenvalue weighted by Gasteiger charge is -2.17. The van der Waals surface area contributed by atoms with Gasteiger partial charge in [-0.1, -0.05) is 84.9 Å². The monoisotopic (exact) mass is 334 g/mol. The molecule has 2 heterocycles. The van der Waals surface area contributed by atoms with Crippen LogP contribution in [0.25, 0.3) is 38.7 Å². The summed E-state index contributed by atoms with van der Waals surface area (Å²) in [7, 11) is 0. The Labute approximate surface area is 152 Å². The maximum atomic E-state index is 4.75. The van der Waals surface area contributed by atoms with Gasteiger partial charge < -0.3 is 0 Å². The molecule has 0 N–H and O–H groups in total. The molecule has 0 saturated heterocycles. The van der Waals surface area contributed by atoms with Gasteiger partial charge in [-0.15, -0.1) is 0 Å². The first-order valence-corrected chi connectivity index (χ1v) is 8.84. The van der Waals surface area contributed by atoms with Gasteiger partial charge in [0.15, 0.2) is 0 Å². The lowest BCUT2D eigenvalue weighted by Crippen LogP contribution is -1.99. The molecule has 2 heteroatoms. The van der Waals surface area contributed by atoms with Crippen molar-refractivity contribution in [3.8, 4) is 22.4 Å². The third-order valence-corrected chi connectivity index (χ3v) is 4.96. The first-order valence-electron chi connectivity index (χ1n) is 8.84. The number of aryl methyl sites for hydroxylation is 1. The molecule has 0 radical (unpaired) electrons. The predicted molar refractivity (Wildman–Crippen MR) is 108 cm³/mol. The van der Waals surface area contributed by atoms with E-state index < -0.39 is 0 Å². The number of aromatic nitrogens is 2. The van der Waals surface area contributed by atoms with Crippen molar-refractivity contribution in [3.63, 3.8) is 0 Å². The molecule has 5 rings (SSSR count). The van der Waals surface area contributed by atoms with Crippen LogP contribution >= 0.6 is 0 Å². The molecule has 0 fully saturated rings. The molecule has 2 nitrogen and oxygen atoms in total. The Balaban J connectivity index is 2.06. The van der Waals surface area contributed by atoms with E-state index in [1.807, 2.05) is 6.20 Å². The van der Waals surface area contributed by atoms with Gasteiger partial charge in [-0.05, 0) is 23.4 Å². The minimum Gasteiger partial charge on any atom is -0.232 e. The summed E-state index contributed by atoms with van der Waals surface area (Å²) in [5.74, 6) is 0. The Hall–Kier alpha value is -3.39. The number of hydrogen-bond donors (Lipinski definition) is 0. The van der Waals surface area contributed by atoms with Crippen molar-refractivity contribution in [3.05, 3.63) is 96.7 Å². The molecule has 5 aromatic rings. The van der Waals surface area contributed by atoms with Crippen LogP contribution < -0.4 is 0 Å². The fourth-order valence-corrected chi connectivity index (χ4v) is 3.83. The fourth-order valence-electron chi connectivity index (χ4n) is 3.83. The molecule has 3 aromatic carbocycles. The van der Waals surface area contributed by atoms with Crippen LogP contribution in [-0.2, 0) is 0 Å². The number of fused-ring (bicyclic) bond motifs is 3. The molecule has 0 spiro atoms. The number of nitrogens with zero attached hydrogens (tertiary/aromatic N) is 2. The van der Waals surface area contributed by atoms with Crippen LogP contribution in [0.4, 0.5) is 0 Å². The van der Waals surface area contributed by atoms with Gasteiger partial charge in [-0.25, -0.2) is 4.52 Å². The van der Waals surface area contributed by atoms with Gasteiger partial charge in [0.25, 0.3) is 0 Å². The summed E-state index contributed by atoms with van der Waals surface area (Å²) < 4.78 is 2.11. The van der Waals surface area contributed by atoms with Crippen LogP contribution in [0.15, 0.2) is 91.1 Å². The fraction of sp³-hybridized carbons (Fsp3) is 0.0417. The first kappa shape index (κ1) is 14.9. The molecule has 0 saturated carbocycles. The summed E-state index contributed by atoms with van der Waals surface area (Å²) in [4.78, 5) is 0. The van der Waals surface area contributed by atoms with Gasteiger partial charge in [0, 0.05) is 16.5 Å². The van der Waals surface area contributed by atoms with Gasteiger partial charge in [-0.3, -0.25) is 0 Å². The van der Waals surface area contributed by atoms with E-state index in [4.69, 9.17) is 5.10 Å². The Morgan fingerprint density at radius 3 is 1.92 bits per heavy atom. The number of pyridine rings is 1. The Morgan fingerprint density at radius 1 is 0.654 bits per heavy atom. The van der Waals surface area contributed by atoms with Gasteiger partial charge in [0.2, 0.25) is 0 Å². The summed E-state index contributed by atoms with van der Waals surface area (Å²) >= 11 is 0. The van der Waals surface area contributed by atoms with Crippen LogP contribution in [0, 0.1) is 6.92 Å². The van der Waals surface area contributed by atoms with Gasteiger partial charge in [0.1, 0.15) is 0 Å². The largest absolute Gasteiger partial charge is 0.232 e. The summed E-state index contributed by atoms with van der Waals surface area (Å²) in [5, 5.41) is 7.24. The standard InChI is InChI=1S/C24H18N2/c1-17-16-25-26-23(17)21-15-9-8-14-20(21)22(18-10-4-2-5-11-18)24(26)19-12-6-3-7-13-19/h2-16H,1H3. The van der Waals surface area contributed by atoms with E-state index in [1.165, 1.54) is 38.5 Å². The second kappa shape index (κ2) is 5.85. The Morgan fingerprint density at radius 2 is 1.23 bits per heavy atom. The maximum Gasteiger partial charge on any atom is 0.0809 e. The average molecular weight is 334 g/mol. The first-order chi connectivity index (χ1) is 12.8. The number of hydrogen-bond acceptors (Lipinski definition) is 1. The van der Waals surface area contributed by atoms with Crippen molar-refractivity contribution in [2.24, 2.45) is 0 Å². The smallest absolute Gasteiger partial charge is 0.0809 e. The predicted octanol–water partition coefficient (Wildman–Crippen LogP) is 6.13. The molecule has 0 aliphatic carbocycles. The van der Waals surface area contributed by atoms with Crippen LogP contribution in [-0.4, -0.2) is 9.61 Å². The third-order valence-electron chi connectivity index (χ3n) is 4.96. The molecule has 0 unspecified atom stereocenters. The molecule has 124 valence electrons. The number of rotatable bonds is 2. The zero-order valence-electron chi connectivity index (χ0n) is 14.6. The summed E-state index contributed by atoms with van der Waals surface area (Å²) in [6, 6.07) is 29.8. The Kier molecular flexibility index (Phi) is 3.36. The SMILES string of the molecule is Cc1cnn2c(-c3ccccc3)c(-c3ccccc3)c3ccccc3c12. The van der Waals surface area contributed by atoms with Gasteiger partial charge in [-0.2, -0.15) is 5.10 Å². The summed E-state index contributed by atoms with van der Waals surface area (Å²) in [6.07, 6.45) is 1.96. The van der Waals surface area contributed by atoms with Gasteiger partial charge in [0.05, 0.1) is 17.4 Å². The molecular weight excluding hydrogens is 316 g/mol. The lowest BCUT2D eigenvalue weighted by atomic mass is 9.93. The summed E-state index contributed by atoms with van der Waals surface area (Å²) in [5.41, 5.74) is 7.11. The van der Waals surface area contributed by atoms with Crippen molar-refractivity contribution >= 4 is 16.3 Å². The molecule has 0 aliphatic heterocycles. The zero-order valence-corrected chi connectivity index (χ0v) is 14.6. The van der Waals surface area contributed by atoms with Crippen LogP contribution in [0.5, 0.6) is 0 Å². The molecule has 2 aromatic heterocycles. The minimum atomic E-state index is 1.14. The van der Waals surface area contributed by atoms with E-state index in [-0.39, 0.29) is 0 Å². The van der Waals surface area contributed by atoms with Crippen molar-refractivity contribution in [2.75, 3.05) is 0 Å². The maximum absolute atomic E-state index is 4.75. The topological polar surface area (TPSA) is 17.3 Å². The van der Waals surface area contributed by atoms with Crippen molar-refractivity contribution in [1.82, 2.24) is 9.61 Å². The van der Waals surface area contributed by atoms with Crippen LogP contribution in [0.1, 0.15) is 5.56 Å². The second-order valence-electron chi connectivity index (χ2n) is 6.59. The Bertz CT molecular complexity index is 1220. The molecular formula is C24H18N2. The van der Waals surface area contributed by atoms with E-state index >= 15 is 0 Å². The van der Waals surface area contributed by atoms with Gasteiger partial charge >= 0.3 is 0 Å². The molecule has 0 amide bonds. The van der Waals surface area contributed by atoms with E-state index in [2.05, 4.69) is 96.4 Å².